The van der Waals surface area contributed by atoms with Gasteiger partial charge in [-0.1, -0.05) is 0 Å². The van der Waals surface area contributed by atoms with Crippen LogP contribution in [0.2, 0.25) is 0 Å². The van der Waals surface area contributed by atoms with Crippen LogP contribution >= 0.6 is 0 Å². The van der Waals surface area contributed by atoms with E-state index in [9.17, 15) is 26.0 Å². The zero-order valence-electron chi connectivity index (χ0n) is 10.4. The maximum absolute atomic E-state index is 13.3. The first-order valence-corrected chi connectivity index (χ1v) is 7.28. The van der Waals surface area contributed by atoms with E-state index < -0.39 is 27.5 Å². The molecule has 9 heteroatoms. The van der Waals surface area contributed by atoms with Gasteiger partial charge in [0.05, 0.1) is 11.6 Å². The molecule has 2 rings (SSSR count). The maximum atomic E-state index is 13.3. The lowest BCUT2D eigenvalue weighted by Gasteiger charge is -2.26. The van der Waals surface area contributed by atoms with Gasteiger partial charge in [-0.25, -0.2) is 4.39 Å². The molecule has 1 atom stereocenters. The first-order valence-electron chi connectivity index (χ1n) is 5.87. The van der Waals surface area contributed by atoms with Crippen LogP contribution in [0.3, 0.4) is 0 Å². The second-order valence-electron chi connectivity index (χ2n) is 4.51. The highest BCUT2D eigenvalue weighted by Gasteiger charge is 2.49. The Labute approximate surface area is 118 Å². The lowest BCUT2D eigenvalue weighted by atomic mass is 9.86. The minimum atomic E-state index is -5.78. The number of rotatable bonds is 2. The summed E-state index contributed by atoms with van der Waals surface area (Å²) in [5.41, 5.74) is -5.46. The van der Waals surface area contributed by atoms with Gasteiger partial charge in [0.15, 0.2) is 0 Å². The predicted octanol–water partition coefficient (Wildman–Crippen LogP) is 2.94. The van der Waals surface area contributed by atoms with Gasteiger partial charge in [-0.2, -0.15) is 26.9 Å². The molecule has 4 nitrogen and oxygen atoms in total. The van der Waals surface area contributed by atoms with E-state index >= 15 is 0 Å². The van der Waals surface area contributed by atoms with E-state index in [1.165, 1.54) is 0 Å². The van der Waals surface area contributed by atoms with Crippen molar-refractivity contribution in [2.75, 3.05) is 0 Å². The van der Waals surface area contributed by atoms with Crippen LogP contribution in [0, 0.1) is 17.1 Å². The van der Waals surface area contributed by atoms with Gasteiger partial charge in [-0.05, 0) is 37.0 Å². The zero-order valence-corrected chi connectivity index (χ0v) is 11.3. The Kier molecular flexibility index (Phi) is 3.95. The smallest absolute Gasteiger partial charge is 0.255 e. The fraction of sp³-hybridized carbons (Fsp3) is 0.417. The first-order chi connectivity index (χ1) is 9.65. The summed E-state index contributed by atoms with van der Waals surface area (Å²) < 4.78 is 76.8. The van der Waals surface area contributed by atoms with E-state index in [-0.39, 0.29) is 17.5 Å². The Hall–Kier alpha value is -1.66. The number of hydrogen-bond acceptors (Lipinski definition) is 4. The third-order valence-electron chi connectivity index (χ3n) is 3.11. The van der Waals surface area contributed by atoms with Crippen molar-refractivity contribution in [1.82, 2.24) is 0 Å². The largest absolute Gasteiger partial charge is 0.523 e. The van der Waals surface area contributed by atoms with E-state index in [0.29, 0.717) is 18.4 Å². The average molecular weight is 323 g/mol. The van der Waals surface area contributed by atoms with Crippen LogP contribution in [0.15, 0.2) is 12.1 Å². The normalized spacial score (nSPS) is 18.9. The minimum absolute atomic E-state index is 0.00260. The summed E-state index contributed by atoms with van der Waals surface area (Å²) in [7, 11) is -5.78. The van der Waals surface area contributed by atoms with Crippen molar-refractivity contribution in [2.45, 2.75) is 30.9 Å². The maximum Gasteiger partial charge on any atom is 0.523 e. The molecule has 21 heavy (non-hydrogen) atoms. The van der Waals surface area contributed by atoms with Gasteiger partial charge < -0.3 is 0 Å². The summed E-state index contributed by atoms with van der Waals surface area (Å²) in [6.07, 6.45) is -0.758. The standard InChI is InChI=1S/C12H9F4NO3S/c13-9-4-7-2-1-3-10(11(7)8(5-9)6-17)20-21(18,19)12(14,15)16/h4-5,10H,1-3H2. The lowest BCUT2D eigenvalue weighted by molar-refractivity contribution is -0.0580. The van der Waals surface area contributed by atoms with Crippen molar-refractivity contribution in [3.05, 3.63) is 34.6 Å². The molecule has 0 saturated carbocycles. The number of hydrogen-bond donors (Lipinski definition) is 0. The van der Waals surface area contributed by atoms with Gasteiger partial charge in [0.2, 0.25) is 0 Å². The highest BCUT2D eigenvalue weighted by molar-refractivity contribution is 7.87. The van der Waals surface area contributed by atoms with Crippen molar-refractivity contribution in [3.8, 4) is 6.07 Å². The number of halogens is 4. The first kappa shape index (κ1) is 15.7. The molecule has 0 bridgehead atoms. The van der Waals surface area contributed by atoms with Crippen molar-refractivity contribution < 1.29 is 30.2 Å². The number of fused-ring (bicyclic) bond motifs is 1. The molecule has 0 N–H and O–H groups in total. The number of nitriles is 1. The molecule has 114 valence electrons. The van der Waals surface area contributed by atoms with E-state index in [4.69, 9.17) is 5.26 Å². The molecule has 1 aliphatic carbocycles. The lowest BCUT2D eigenvalue weighted by Crippen LogP contribution is -2.29. The van der Waals surface area contributed by atoms with Gasteiger partial charge in [0, 0.05) is 5.56 Å². The number of aryl methyl sites for hydroxylation is 1. The van der Waals surface area contributed by atoms with Gasteiger partial charge in [-0.3, -0.25) is 4.18 Å². The van der Waals surface area contributed by atoms with Crippen LogP contribution in [-0.4, -0.2) is 13.9 Å². The molecule has 0 heterocycles. The summed E-state index contributed by atoms with van der Waals surface area (Å²) in [6, 6.07) is 3.58. The van der Waals surface area contributed by atoms with Crippen molar-refractivity contribution in [3.63, 3.8) is 0 Å². The minimum Gasteiger partial charge on any atom is -0.255 e. The Morgan fingerprint density at radius 1 is 1.33 bits per heavy atom. The zero-order chi connectivity index (χ0) is 15.8. The molecular formula is C12H9F4NO3S. The van der Waals surface area contributed by atoms with Crippen molar-refractivity contribution in [2.24, 2.45) is 0 Å². The Balaban J connectivity index is 2.47. The second kappa shape index (κ2) is 5.27. The Morgan fingerprint density at radius 3 is 2.57 bits per heavy atom. The second-order valence-corrected chi connectivity index (χ2v) is 6.08. The summed E-state index contributed by atoms with van der Waals surface area (Å²) in [6.45, 7) is 0. The highest BCUT2D eigenvalue weighted by atomic mass is 32.2. The van der Waals surface area contributed by atoms with Crippen molar-refractivity contribution in [1.29, 1.82) is 5.26 Å². The molecule has 0 amide bonds. The summed E-state index contributed by atoms with van der Waals surface area (Å²) >= 11 is 0. The molecule has 0 aliphatic heterocycles. The molecule has 0 radical (unpaired) electrons. The van der Waals surface area contributed by atoms with E-state index in [1.54, 1.807) is 6.07 Å². The van der Waals surface area contributed by atoms with Gasteiger partial charge in [0.25, 0.3) is 0 Å². The molecule has 1 aromatic rings. The number of benzene rings is 1. The Morgan fingerprint density at radius 2 is 2.00 bits per heavy atom. The van der Waals surface area contributed by atoms with Crippen LogP contribution in [0.5, 0.6) is 0 Å². The quantitative estimate of drug-likeness (QED) is 0.477. The van der Waals surface area contributed by atoms with E-state index in [1.807, 2.05) is 0 Å². The van der Waals surface area contributed by atoms with E-state index in [2.05, 4.69) is 4.18 Å². The predicted molar refractivity (Wildman–Crippen MR) is 62.9 cm³/mol. The van der Waals surface area contributed by atoms with Gasteiger partial charge in [-0.15, -0.1) is 0 Å². The molecule has 0 spiro atoms. The Bertz CT molecular complexity index is 706. The summed E-state index contributed by atoms with van der Waals surface area (Å²) in [5, 5.41) is 8.95. The molecule has 0 aromatic heterocycles. The fourth-order valence-electron chi connectivity index (χ4n) is 2.28. The molecule has 1 unspecified atom stereocenters. The van der Waals surface area contributed by atoms with Crippen LogP contribution in [0.25, 0.3) is 0 Å². The van der Waals surface area contributed by atoms with Crippen molar-refractivity contribution >= 4 is 10.1 Å². The van der Waals surface area contributed by atoms with Gasteiger partial charge >= 0.3 is 15.6 Å². The number of alkyl halides is 3. The average Bonchev–Trinajstić information content (AvgIpc) is 2.35. The van der Waals surface area contributed by atoms with E-state index in [0.717, 1.165) is 12.1 Å². The number of nitrogens with zero attached hydrogens (tertiary/aromatic N) is 1. The highest BCUT2D eigenvalue weighted by Crippen LogP contribution is 2.39. The summed E-state index contributed by atoms with van der Waals surface area (Å²) in [5.74, 6) is -0.704. The van der Waals surface area contributed by atoms with Crippen LogP contribution in [-0.2, 0) is 20.7 Å². The fourth-order valence-corrected chi connectivity index (χ4v) is 2.89. The van der Waals surface area contributed by atoms with Gasteiger partial charge in [0.1, 0.15) is 11.9 Å². The summed E-state index contributed by atoms with van der Waals surface area (Å²) in [4.78, 5) is 0. The molecule has 0 fully saturated rings. The van der Waals surface area contributed by atoms with Crippen LogP contribution < -0.4 is 0 Å². The third kappa shape index (κ3) is 3.01. The van der Waals surface area contributed by atoms with Crippen LogP contribution in [0.4, 0.5) is 17.6 Å². The third-order valence-corrected chi connectivity index (χ3v) is 4.16. The molecule has 1 aliphatic rings. The van der Waals surface area contributed by atoms with Crippen LogP contribution in [0.1, 0.15) is 35.6 Å². The SMILES string of the molecule is N#Cc1cc(F)cc2c1C(OS(=O)(=O)C(F)(F)F)CCC2. The molecule has 0 saturated heterocycles. The topological polar surface area (TPSA) is 67.2 Å². The molecule has 1 aromatic carbocycles. The molecular weight excluding hydrogens is 314 g/mol. The monoisotopic (exact) mass is 323 g/mol.